The van der Waals surface area contributed by atoms with Gasteiger partial charge in [0, 0.05) is 19.4 Å². The third-order valence-corrected chi connectivity index (χ3v) is 5.23. The summed E-state index contributed by atoms with van der Waals surface area (Å²) in [6, 6.07) is 11.6. The molecular weight excluding hydrogens is 453 g/mol. The van der Waals surface area contributed by atoms with E-state index in [-0.39, 0.29) is 25.2 Å². The molecule has 188 valence electrons. The Morgan fingerprint density at radius 2 is 1.40 bits per heavy atom. The molecule has 0 spiro atoms. The second-order valence-corrected chi connectivity index (χ2v) is 8.10. The first kappa shape index (κ1) is 27.3. The zero-order chi connectivity index (χ0) is 25.8. The number of benzene rings is 2. The lowest BCUT2D eigenvalue weighted by Crippen LogP contribution is -2.56. The number of amides is 3. The highest BCUT2D eigenvalue weighted by molar-refractivity contribution is 5.93. The van der Waals surface area contributed by atoms with Crippen LogP contribution in [0, 0.1) is 5.82 Å². The van der Waals surface area contributed by atoms with E-state index in [1.54, 1.807) is 24.3 Å². The minimum absolute atomic E-state index is 0.0510. The molecule has 0 saturated heterocycles. The molecule has 0 saturated carbocycles. The Morgan fingerprint density at radius 3 is 2.00 bits per heavy atom. The number of carbonyl (C=O) groups excluding carboxylic acids is 3. The molecule has 2 aromatic rings. The number of halogens is 1. The first-order chi connectivity index (χ1) is 16.7. The van der Waals surface area contributed by atoms with Gasteiger partial charge < -0.3 is 33.6 Å². The highest BCUT2D eigenvalue weighted by Crippen LogP contribution is 2.09. The van der Waals surface area contributed by atoms with Gasteiger partial charge in [0.2, 0.25) is 17.7 Å². The Labute approximate surface area is 203 Å². The maximum absolute atomic E-state index is 13.3. The molecule has 0 unspecified atom stereocenters. The van der Waals surface area contributed by atoms with Gasteiger partial charge in [0.05, 0.1) is 6.04 Å². The van der Waals surface area contributed by atoms with Crippen molar-refractivity contribution in [2.75, 3.05) is 6.54 Å². The van der Waals surface area contributed by atoms with Gasteiger partial charge in [-0.2, -0.15) is 0 Å². The predicted molar refractivity (Wildman–Crippen MR) is 131 cm³/mol. The quantitative estimate of drug-likeness (QED) is 0.125. The minimum Gasteiger partial charge on any atom is -0.370 e. The van der Waals surface area contributed by atoms with Gasteiger partial charge in [-0.3, -0.25) is 19.4 Å². The summed E-state index contributed by atoms with van der Waals surface area (Å²) < 4.78 is 13.3. The number of aliphatic imine (C=N–C) groups is 1. The summed E-state index contributed by atoms with van der Waals surface area (Å²) in [4.78, 5) is 41.7. The van der Waals surface area contributed by atoms with Gasteiger partial charge in [0.25, 0.3) is 0 Å². The van der Waals surface area contributed by atoms with Crippen molar-refractivity contribution in [1.82, 2.24) is 10.6 Å². The number of nitrogens with two attached hydrogens (primary N) is 4. The lowest BCUT2D eigenvalue weighted by atomic mass is 10.0. The van der Waals surface area contributed by atoms with E-state index in [2.05, 4.69) is 15.6 Å². The molecule has 0 fully saturated rings. The van der Waals surface area contributed by atoms with Crippen LogP contribution in [0.5, 0.6) is 0 Å². The lowest BCUT2D eigenvalue weighted by Gasteiger charge is -2.23. The maximum Gasteiger partial charge on any atom is 0.243 e. The molecule has 0 aromatic heterocycles. The van der Waals surface area contributed by atoms with Gasteiger partial charge in [-0.1, -0.05) is 42.5 Å². The molecule has 10 nitrogen and oxygen atoms in total. The molecule has 0 aliphatic rings. The summed E-state index contributed by atoms with van der Waals surface area (Å²) >= 11 is 0. The highest BCUT2D eigenvalue weighted by atomic mass is 19.1. The smallest absolute Gasteiger partial charge is 0.243 e. The van der Waals surface area contributed by atoms with Crippen LogP contribution >= 0.6 is 0 Å². The fourth-order valence-corrected chi connectivity index (χ4v) is 3.34. The van der Waals surface area contributed by atoms with Crippen molar-refractivity contribution < 1.29 is 18.8 Å². The van der Waals surface area contributed by atoms with E-state index in [1.807, 2.05) is 6.07 Å². The number of nitrogens with one attached hydrogen (secondary N) is 2. The Hall–Kier alpha value is -3.99. The summed E-state index contributed by atoms with van der Waals surface area (Å²) in [5.41, 5.74) is 23.4. The first-order valence-corrected chi connectivity index (χ1v) is 11.1. The number of hydrogen-bond acceptors (Lipinski definition) is 5. The molecule has 0 aliphatic carbocycles. The molecule has 2 aromatic carbocycles. The van der Waals surface area contributed by atoms with Crippen molar-refractivity contribution in [1.29, 1.82) is 0 Å². The Morgan fingerprint density at radius 1 is 0.829 bits per heavy atom. The molecule has 11 heteroatoms. The monoisotopic (exact) mass is 485 g/mol. The molecule has 0 radical (unpaired) electrons. The summed E-state index contributed by atoms with van der Waals surface area (Å²) in [6.07, 6.45) is 0.979. The highest BCUT2D eigenvalue weighted by Gasteiger charge is 2.27. The molecule has 2 rings (SSSR count). The van der Waals surface area contributed by atoms with Crippen LogP contribution in [0.3, 0.4) is 0 Å². The second-order valence-electron chi connectivity index (χ2n) is 8.10. The molecule has 0 heterocycles. The number of carbonyl (C=O) groups is 3. The summed E-state index contributed by atoms with van der Waals surface area (Å²) in [5, 5.41) is 5.25. The number of guanidine groups is 1. The van der Waals surface area contributed by atoms with E-state index in [1.165, 1.54) is 24.3 Å². The van der Waals surface area contributed by atoms with E-state index >= 15 is 0 Å². The zero-order valence-electron chi connectivity index (χ0n) is 19.3. The van der Waals surface area contributed by atoms with Crippen molar-refractivity contribution >= 4 is 23.7 Å². The van der Waals surface area contributed by atoms with E-state index in [9.17, 15) is 18.8 Å². The SMILES string of the molecule is NC(=O)[C@H](Cc1ccccc1)NC(=O)[C@H](Cc1ccc(F)cc1)NC(=O)[C@@H](N)CCCN=C(N)N. The van der Waals surface area contributed by atoms with E-state index in [0.29, 0.717) is 18.5 Å². The van der Waals surface area contributed by atoms with Gasteiger partial charge in [0.1, 0.15) is 17.9 Å². The van der Waals surface area contributed by atoms with Crippen LogP contribution in [-0.2, 0) is 27.2 Å². The predicted octanol–water partition coefficient (Wildman–Crippen LogP) is -0.553. The Kier molecular flexibility index (Phi) is 10.6. The van der Waals surface area contributed by atoms with Gasteiger partial charge in [-0.25, -0.2) is 4.39 Å². The van der Waals surface area contributed by atoms with Crippen molar-refractivity contribution in [2.45, 2.75) is 43.8 Å². The third kappa shape index (κ3) is 9.80. The number of nitrogens with zero attached hydrogens (tertiary/aromatic N) is 1. The van der Waals surface area contributed by atoms with E-state index in [4.69, 9.17) is 22.9 Å². The molecule has 0 bridgehead atoms. The fourth-order valence-electron chi connectivity index (χ4n) is 3.34. The molecule has 3 atom stereocenters. The number of primary amides is 1. The summed E-state index contributed by atoms with van der Waals surface area (Å²) in [7, 11) is 0. The third-order valence-electron chi connectivity index (χ3n) is 5.23. The second kappa shape index (κ2) is 13.7. The fraction of sp³-hybridized carbons (Fsp3) is 0.333. The molecule has 35 heavy (non-hydrogen) atoms. The average Bonchev–Trinajstić information content (AvgIpc) is 2.82. The van der Waals surface area contributed by atoms with Gasteiger partial charge in [0.15, 0.2) is 5.96 Å². The average molecular weight is 486 g/mol. The van der Waals surface area contributed by atoms with Crippen LogP contribution in [0.15, 0.2) is 59.6 Å². The Balaban J connectivity index is 2.11. The number of rotatable bonds is 13. The topological polar surface area (TPSA) is 192 Å². The molecule has 10 N–H and O–H groups in total. The van der Waals surface area contributed by atoms with Gasteiger partial charge in [-0.15, -0.1) is 0 Å². The van der Waals surface area contributed by atoms with Gasteiger partial charge in [-0.05, 0) is 36.1 Å². The standard InChI is InChI=1S/C24H32FN7O3/c25-17-10-8-16(9-11-17)14-20(32-22(34)18(26)7-4-12-30-24(28)29)23(35)31-19(21(27)33)13-15-5-2-1-3-6-15/h1-3,5-6,8-11,18-20H,4,7,12-14,26H2,(H2,27,33)(H,31,35)(H,32,34)(H4,28,29,30)/t18-,19-,20-/m0/s1. The Bertz CT molecular complexity index is 1010. The van der Waals surface area contributed by atoms with Crippen molar-refractivity contribution in [3.8, 4) is 0 Å². The normalized spacial score (nSPS) is 13.2. The largest absolute Gasteiger partial charge is 0.370 e. The van der Waals surface area contributed by atoms with Crippen LogP contribution in [0.4, 0.5) is 4.39 Å². The van der Waals surface area contributed by atoms with E-state index in [0.717, 1.165) is 5.56 Å². The van der Waals surface area contributed by atoms with Crippen LogP contribution in [0.1, 0.15) is 24.0 Å². The van der Waals surface area contributed by atoms with Crippen molar-refractivity contribution in [3.63, 3.8) is 0 Å². The van der Waals surface area contributed by atoms with E-state index < -0.39 is 41.7 Å². The van der Waals surface area contributed by atoms with Crippen LogP contribution < -0.4 is 33.6 Å². The van der Waals surface area contributed by atoms with Crippen molar-refractivity contribution in [2.24, 2.45) is 27.9 Å². The van der Waals surface area contributed by atoms with Crippen LogP contribution in [0.25, 0.3) is 0 Å². The minimum atomic E-state index is -1.07. The summed E-state index contributed by atoms with van der Waals surface area (Å²) in [5.74, 6) is -2.38. The van der Waals surface area contributed by atoms with Gasteiger partial charge >= 0.3 is 0 Å². The van der Waals surface area contributed by atoms with Crippen LogP contribution in [-0.4, -0.2) is 48.4 Å². The molecular formula is C24H32FN7O3. The molecule has 0 aliphatic heterocycles. The first-order valence-electron chi connectivity index (χ1n) is 11.1. The van der Waals surface area contributed by atoms with Crippen LogP contribution in [0.2, 0.25) is 0 Å². The maximum atomic E-state index is 13.3. The molecule has 3 amide bonds. The number of hydrogen-bond donors (Lipinski definition) is 6. The van der Waals surface area contributed by atoms with Crippen molar-refractivity contribution in [3.05, 3.63) is 71.5 Å². The summed E-state index contributed by atoms with van der Waals surface area (Å²) in [6.45, 7) is 0.308. The lowest BCUT2D eigenvalue weighted by molar-refractivity contribution is -0.131. The zero-order valence-corrected chi connectivity index (χ0v) is 19.3.